The number of amides is 1. The van der Waals surface area contributed by atoms with Gasteiger partial charge in [-0.2, -0.15) is 0 Å². The summed E-state index contributed by atoms with van der Waals surface area (Å²) in [6.07, 6.45) is 6.17. The van der Waals surface area contributed by atoms with Crippen molar-refractivity contribution in [3.05, 3.63) is 64.7 Å². The second-order valence-corrected chi connectivity index (χ2v) is 8.61. The molecule has 1 atom stereocenters. The first-order valence-electron chi connectivity index (χ1n) is 11.0. The van der Waals surface area contributed by atoms with Gasteiger partial charge in [-0.05, 0) is 75.0 Å². The molecule has 2 heterocycles. The number of piperidine rings is 1. The van der Waals surface area contributed by atoms with Gasteiger partial charge in [0.15, 0.2) is 0 Å². The lowest BCUT2D eigenvalue weighted by molar-refractivity contribution is 0.0924. The largest absolute Gasteiger partial charge is 0.374 e. The Morgan fingerprint density at radius 3 is 2.66 bits per heavy atom. The number of carbonyl (C=O) groups is 1. The average molecular weight is 392 g/mol. The van der Waals surface area contributed by atoms with Gasteiger partial charge < -0.3 is 10.2 Å². The van der Waals surface area contributed by atoms with Crippen LogP contribution in [-0.2, 0) is 6.42 Å². The van der Waals surface area contributed by atoms with Gasteiger partial charge in [0.05, 0.1) is 6.04 Å². The third kappa shape index (κ3) is 4.64. The van der Waals surface area contributed by atoms with Gasteiger partial charge in [0.2, 0.25) is 0 Å². The maximum Gasteiger partial charge on any atom is 0.251 e. The smallest absolute Gasteiger partial charge is 0.251 e. The van der Waals surface area contributed by atoms with Gasteiger partial charge in [-0.3, -0.25) is 9.69 Å². The Kier molecular flexibility index (Phi) is 6.19. The molecule has 1 saturated heterocycles. The number of hydrogen-bond acceptors (Lipinski definition) is 3. The third-order valence-electron chi connectivity index (χ3n) is 6.41. The molecule has 1 amide bonds. The van der Waals surface area contributed by atoms with Crippen LogP contribution in [0.1, 0.15) is 58.8 Å². The van der Waals surface area contributed by atoms with Crippen molar-refractivity contribution >= 4 is 11.6 Å². The SMILES string of the molecule is Cc1cccc(C(=O)NC[C@@H](c2ccc3c(c2)CCCN3C)N2CCCCC2)c1. The molecule has 154 valence electrons. The molecular weight excluding hydrogens is 358 g/mol. The highest BCUT2D eigenvalue weighted by Gasteiger charge is 2.25. The number of nitrogens with zero attached hydrogens (tertiary/aromatic N) is 2. The van der Waals surface area contributed by atoms with Crippen molar-refractivity contribution in [2.24, 2.45) is 0 Å². The number of fused-ring (bicyclic) bond motifs is 1. The van der Waals surface area contributed by atoms with Crippen molar-refractivity contribution < 1.29 is 4.79 Å². The topological polar surface area (TPSA) is 35.6 Å². The van der Waals surface area contributed by atoms with Gasteiger partial charge in [0, 0.05) is 31.4 Å². The van der Waals surface area contributed by atoms with E-state index in [1.54, 1.807) is 0 Å². The van der Waals surface area contributed by atoms with E-state index < -0.39 is 0 Å². The van der Waals surface area contributed by atoms with Crippen molar-refractivity contribution in [2.75, 3.05) is 38.1 Å². The van der Waals surface area contributed by atoms with Gasteiger partial charge in [-0.15, -0.1) is 0 Å². The minimum atomic E-state index is 0.0217. The summed E-state index contributed by atoms with van der Waals surface area (Å²) in [5.41, 5.74) is 6.01. The molecule has 2 aromatic carbocycles. The van der Waals surface area contributed by atoms with Crippen molar-refractivity contribution in [2.45, 2.75) is 45.1 Å². The van der Waals surface area contributed by atoms with E-state index >= 15 is 0 Å². The number of benzene rings is 2. The van der Waals surface area contributed by atoms with Crippen LogP contribution in [-0.4, -0.2) is 44.0 Å². The maximum absolute atomic E-state index is 12.8. The van der Waals surface area contributed by atoms with Crippen LogP contribution in [0.5, 0.6) is 0 Å². The Bertz CT molecular complexity index is 857. The number of carbonyl (C=O) groups excluding carboxylic acids is 1. The van der Waals surface area contributed by atoms with Crippen LogP contribution in [0.2, 0.25) is 0 Å². The molecule has 0 spiro atoms. The number of anilines is 1. The van der Waals surface area contributed by atoms with Crippen LogP contribution in [0.25, 0.3) is 0 Å². The Hall–Kier alpha value is -2.33. The summed E-state index contributed by atoms with van der Waals surface area (Å²) < 4.78 is 0. The van der Waals surface area contributed by atoms with E-state index in [0.717, 1.165) is 37.2 Å². The Balaban J connectivity index is 1.54. The van der Waals surface area contributed by atoms with E-state index in [4.69, 9.17) is 0 Å². The van der Waals surface area contributed by atoms with E-state index in [9.17, 15) is 4.79 Å². The van der Waals surface area contributed by atoms with Gasteiger partial charge >= 0.3 is 0 Å². The zero-order chi connectivity index (χ0) is 20.2. The molecule has 1 fully saturated rings. The first-order chi connectivity index (χ1) is 14.1. The molecule has 0 bridgehead atoms. The molecule has 2 aliphatic heterocycles. The first kappa shape index (κ1) is 20.0. The first-order valence-corrected chi connectivity index (χ1v) is 11.0. The average Bonchev–Trinajstić information content (AvgIpc) is 2.74. The maximum atomic E-state index is 12.8. The summed E-state index contributed by atoms with van der Waals surface area (Å²) in [7, 11) is 2.18. The second kappa shape index (κ2) is 9.00. The standard InChI is InChI=1S/C25H33N3O/c1-19-8-6-9-22(16-19)25(29)26-18-24(28-14-4-3-5-15-28)21-11-12-23-20(17-21)10-7-13-27(23)2/h6,8-9,11-12,16-17,24H,3-5,7,10,13-15,18H2,1-2H3,(H,26,29)/t24-/m0/s1. The van der Waals surface area contributed by atoms with Gasteiger partial charge in [0.1, 0.15) is 0 Å². The van der Waals surface area contributed by atoms with Gasteiger partial charge in [-0.1, -0.05) is 36.2 Å². The van der Waals surface area contributed by atoms with E-state index in [2.05, 4.69) is 40.4 Å². The number of rotatable bonds is 5. The molecule has 4 heteroatoms. The zero-order valence-corrected chi connectivity index (χ0v) is 17.8. The molecular formula is C25H33N3O. The van der Waals surface area contributed by atoms with Gasteiger partial charge in [0.25, 0.3) is 5.91 Å². The lowest BCUT2D eigenvalue weighted by Crippen LogP contribution is -2.40. The summed E-state index contributed by atoms with van der Waals surface area (Å²) >= 11 is 0. The fourth-order valence-corrected chi connectivity index (χ4v) is 4.78. The van der Waals surface area contributed by atoms with Gasteiger partial charge in [-0.25, -0.2) is 0 Å². The van der Waals surface area contributed by atoms with Crippen molar-refractivity contribution in [3.63, 3.8) is 0 Å². The Morgan fingerprint density at radius 2 is 1.86 bits per heavy atom. The van der Waals surface area contributed by atoms with Crippen LogP contribution in [0.4, 0.5) is 5.69 Å². The highest BCUT2D eigenvalue weighted by Crippen LogP contribution is 2.31. The van der Waals surface area contributed by atoms with Crippen molar-refractivity contribution in [3.8, 4) is 0 Å². The van der Waals surface area contributed by atoms with E-state index in [0.29, 0.717) is 6.54 Å². The van der Waals surface area contributed by atoms with Crippen LogP contribution < -0.4 is 10.2 Å². The molecule has 4 rings (SSSR count). The normalized spacial score (nSPS) is 18.2. The quantitative estimate of drug-likeness (QED) is 0.824. The molecule has 0 radical (unpaired) electrons. The molecule has 0 unspecified atom stereocenters. The van der Waals surface area contributed by atoms with E-state index in [1.807, 2.05) is 31.2 Å². The summed E-state index contributed by atoms with van der Waals surface area (Å²) in [6, 6.07) is 15.0. The summed E-state index contributed by atoms with van der Waals surface area (Å²) in [5.74, 6) is 0.0217. The minimum absolute atomic E-state index is 0.0217. The lowest BCUT2D eigenvalue weighted by Gasteiger charge is -2.36. The summed E-state index contributed by atoms with van der Waals surface area (Å²) in [5, 5.41) is 3.22. The molecule has 2 aliphatic rings. The number of nitrogens with one attached hydrogen (secondary N) is 1. The zero-order valence-electron chi connectivity index (χ0n) is 17.8. The highest BCUT2D eigenvalue weighted by molar-refractivity contribution is 5.94. The predicted molar refractivity (Wildman–Crippen MR) is 120 cm³/mol. The fraction of sp³-hybridized carbons (Fsp3) is 0.480. The Morgan fingerprint density at radius 1 is 1.03 bits per heavy atom. The summed E-state index contributed by atoms with van der Waals surface area (Å²) in [6.45, 7) is 6.04. The fourth-order valence-electron chi connectivity index (χ4n) is 4.78. The second-order valence-electron chi connectivity index (χ2n) is 8.61. The molecule has 0 aliphatic carbocycles. The molecule has 1 N–H and O–H groups in total. The summed E-state index contributed by atoms with van der Waals surface area (Å²) in [4.78, 5) is 17.7. The van der Waals surface area contributed by atoms with Crippen LogP contribution in [0.3, 0.4) is 0 Å². The highest BCUT2D eigenvalue weighted by atomic mass is 16.1. The predicted octanol–water partition coefficient (Wildman–Crippen LogP) is 4.33. The molecule has 0 saturated carbocycles. The lowest BCUT2D eigenvalue weighted by atomic mass is 9.95. The molecule has 2 aromatic rings. The van der Waals surface area contributed by atoms with Crippen LogP contribution >= 0.6 is 0 Å². The van der Waals surface area contributed by atoms with Crippen LogP contribution in [0, 0.1) is 6.92 Å². The van der Waals surface area contributed by atoms with Crippen molar-refractivity contribution in [1.82, 2.24) is 10.2 Å². The third-order valence-corrected chi connectivity index (χ3v) is 6.41. The number of likely N-dealkylation sites (tertiary alicyclic amines) is 1. The monoisotopic (exact) mass is 391 g/mol. The molecule has 29 heavy (non-hydrogen) atoms. The van der Waals surface area contributed by atoms with Crippen LogP contribution in [0.15, 0.2) is 42.5 Å². The van der Waals surface area contributed by atoms with E-state index in [1.165, 1.54) is 42.5 Å². The minimum Gasteiger partial charge on any atom is -0.374 e. The van der Waals surface area contributed by atoms with E-state index in [-0.39, 0.29) is 11.9 Å². The molecule has 0 aromatic heterocycles. The molecule has 4 nitrogen and oxygen atoms in total. The number of aryl methyl sites for hydroxylation is 2. The Labute approximate surface area is 174 Å². The number of hydrogen-bond donors (Lipinski definition) is 1. The van der Waals surface area contributed by atoms with Crippen molar-refractivity contribution in [1.29, 1.82) is 0 Å².